The molecule has 0 radical (unpaired) electrons. The Kier molecular flexibility index (Phi) is 11.6. The van der Waals surface area contributed by atoms with Gasteiger partial charge in [0.05, 0.1) is 6.04 Å². The first-order chi connectivity index (χ1) is 11.1. The lowest BCUT2D eigenvalue weighted by atomic mass is 9.76. The molecule has 0 bridgehead atoms. The van der Waals surface area contributed by atoms with Crippen LogP contribution in [0.2, 0.25) is 0 Å². The van der Waals surface area contributed by atoms with Gasteiger partial charge in [0.25, 0.3) is 0 Å². The number of amides is 1. The van der Waals surface area contributed by atoms with Gasteiger partial charge in [-0.05, 0) is 31.7 Å². The van der Waals surface area contributed by atoms with E-state index in [4.69, 9.17) is 11.5 Å². The molecule has 0 saturated heterocycles. The Balaban J connectivity index is 0. The van der Waals surface area contributed by atoms with Crippen molar-refractivity contribution in [3.05, 3.63) is 11.4 Å². The van der Waals surface area contributed by atoms with Crippen LogP contribution in [0.1, 0.15) is 46.5 Å². The van der Waals surface area contributed by atoms with Gasteiger partial charge in [-0.2, -0.15) is 0 Å². The molecule has 0 aromatic rings. The summed E-state index contributed by atoms with van der Waals surface area (Å²) in [5.74, 6) is -0.291. The Morgan fingerprint density at radius 2 is 1.88 bits per heavy atom. The highest BCUT2D eigenvalue weighted by Gasteiger charge is 2.36. The van der Waals surface area contributed by atoms with Crippen LogP contribution >= 0.6 is 7.60 Å². The van der Waals surface area contributed by atoms with E-state index in [-0.39, 0.29) is 53.8 Å². The summed E-state index contributed by atoms with van der Waals surface area (Å²) in [6.07, 6.45) is 3.44. The van der Waals surface area contributed by atoms with Gasteiger partial charge in [0.2, 0.25) is 5.91 Å². The van der Waals surface area contributed by atoms with Crippen molar-refractivity contribution in [2.75, 3.05) is 0 Å². The van der Waals surface area contributed by atoms with Crippen molar-refractivity contribution >= 4 is 19.5 Å². The molecule has 0 saturated carbocycles. The number of nitrogens with one attached hydrogen (secondary N) is 1. The second-order valence-corrected chi connectivity index (χ2v) is 7.79. The highest BCUT2D eigenvalue weighted by Crippen LogP contribution is 2.45. The molecule has 0 spiro atoms. The van der Waals surface area contributed by atoms with Crippen molar-refractivity contribution in [2.24, 2.45) is 28.3 Å². The van der Waals surface area contributed by atoms with Gasteiger partial charge in [-0.15, -0.1) is 0 Å². The Bertz CT molecular complexity index is 554. The summed E-state index contributed by atoms with van der Waals surface area (Å²) in [5, 5.41) is 2.80. The fourth-order valence-electron chi connectivity index (χ4n) is 3.43. The van der Waals surface area contributed by atoms with Crippen LogP contribution in [0, 0.1) is 11.8 Å². The normalized spacial score (nSPS) is 20.9. The fourth-order valence-corrected chi connectivity index (χ4v) is 4.17. The van der Waals surface area contributed by atoms with Crippen LogP contribution in [-0.2, 0) is 9.36 Å². The number of allylic oxidation sites excluding steroid dienone is 1. The molecule has 3 atom stereocenters. The second-order valence-electron chi connectivity index (χ2n) is 6.22. The van der Waals surface area contributed by atoms with E-state index in [1.807, 2.05) is 13.8 Å². The van der Waals surface area contributed by atoms with Gasteiger partial charge in [0.1, 0.15) is 0 Å². The zero-order chi connectivity index (χ0) is 18.5. The summed E-state index contributed by atoms with van der Waals surface area (Å²) >= 11 is 0. The van der Waals surface area contributed by atoms with E-state index in [1.165, 1.54) is 13.0 Å². The van der Waals surface area contributed by atoms with Gasteiger partial charge < -0.3 is 43.4 Å². The highest BCUT2D eigenvalue weighted by molar-refractivity contribution is 7.53. The average molecular weight is 394 g/mol. The summed E-state index contributed by atoms with van der Waals surface area (Å²) in [7, 11) is -4.82. The second kappa shape index (κ2) is 11.3. The molecular weight excluding hydrogens is 359 g/mol. The quantitative estimate of drug-likeness (QED) is 0.234. The predicted octanol–water partition coefficient (Wildman–Crippen LogP) is 0.529. The first-order valence-corrected chi connectivity index (χ1v) is 9.71. The summed E-state index contributed by atoms with van der Waals surface area (Å²) in [4.78, 5) is 38.5. The van der Waals surface area contributed by atoms with Crippen molar-refractivity contribution in [3.63, 3.8) is 0 Å². The van der Waals surface area contributed by atoms with Crippen molar-refractivity contribution in [3.8, 4) is 0 Å². The maximum atomic E-state index is 11.6. The molecule has 11 heteroatoms. The number of hydrogen-bond acceptors (Lipinski definition) is 5. The zero-order valence-corrected chi connectivity index (χ0v) is 17.3. The minimum Gasteiger partial charge on any atom is -0.808 e. The minimum atomic E-state index is -4.82. The Labute approximate surface area is 155 Å². The number of aliphatic imine (C=N–C) groups is 1. The number of nitrogens with two attached hydrogens (primary N) is 2. The Morgan fingerprint density at radius 1 is 1.35 bits per heavy atom. The summed E-state index contributed by atoms with van der Waals surface area (Å²) in [6.45, 7) is 5.51. The number of nitrogens with zero attached hydrogens (tertiary/aromatic N) is 1. The molecule has 0 aliphatic heterocycles. The van der Waals surface area contributed by atoms with Gasteiger partial charge in [-0.1, -0.05) is 32.8 Å². The molecule has 1 aliphatic carbocycles. The highest BCUT2D eigenvalue weighted by atomic mass is 31.2. The third kappa shape index (κ3) is 7.43. The molecule has 10 nitrogen and oxygen atoms in total. The van der Waals surface area contributed by atoms with E-state index in [0.29, 0.717) is 6.42 Å². The molecule has 0 aromatic heterocycles. The van der Waals surface area contributed by atoms with Gasteiger partial charge in [-0.25, -0.2) is 4.99 Å². The minimum absolute atomic E-state index is 0. The first-order valence-electron chi connectivity index (χ1n) is 8.17. The van der Waals surface area contributed by atoms with Crippen molar-refractivity contribution in [1.29, 1.82) is 0 Å². The maximum absolute atomic E-state index is 11.6. The summed E-state index contributed by atoms with van der Waals surface area (Å²) in [6, 6.07) is -0.746. The summed E-state index contributed by atoms with van der Waals surface area (Å²) < 4.78 is 11.3. The van der Waals surface area contributed by atoms with E-state index in [0.717, 1.165) is 12.8 Å². The van der Waals surface area contributed by atoms with Crippen LogP contribution in [0.3, 0.4) is 0 Å². The largest absolute Gasteiger partial charge is 0.808 e. The molecule has 0 aromatic carbocycles. The zero-order valence-electron chi connectivity index (χ0n) is 16.4. The number of carbonyl (C=O) groups is 1. The van der Waals surface area contributed by atoms with E-state index < -0.39 is 13.6 Å². The van der Waals surface area contributed by atoms with Gasteiger partial charge in [0.15, 0.2) is 5.96 Å². The number of quaternary nitrogens is 2. The van der Waals surface area contributed by atoms with Crippen LogP contribution in [-0.4, -0.2) is 24.0 Å². The van der Waals surface area contributed by atoms with Gasteiger partial charge in [-0.3, -0.25) is 4.79 Å². The standard InChI is InChI=1S/C15H29N4O4P.2H3N/c1-4-10(5-2)14(18-9(3)20)12-7-6-11(24(21,22)23)8-13(12)19-15(16)17;;/h6,10,12-14H,4-5,7-8H2,1-3H3,(H,18,20)(H4,16,17,19)(H2,21,22,23);2*1H3/t12-,13-,14-;;/m0../s1. The third-order valence-electron chi connectivity index (χ3n) is 4.59. The lowest BCUT2D eigenvalue weighted by Gasteiger charge is -2.42. The van der Waals surface area contributed by atoms with Crippen molar-refractivity contribution < 1.29 is 19.1 Å². The topological polar surface area (TPSA) is 230 Å². The molecular formula is C15H35N6O4P. The number of guanidine groups is 1. The molecule has 0 heterocycles. The molecule has 26 heavy (non-hydrogen) atoms. The molecule has 154 valence electrons. The molecule has 1 rings (SSSR count). The average Bonchev–Trinajstić information content (AvgIpc) is 2.45. The van der Waals surface area contributed by atoms with Crippen LogP contribution in [0.25, 0.3) is 0 Å². The molecule has 0 fully saturated rings. The SMILES string of the molecule is CCC(CC)[C@H](NC(C)=O)[C@H]1CC=C(P(=O)([O-])[O-])C[C@@H]1N=C(N)N.[NH4+].[NH4+]. The number of rotatable bonds is 7. The van der Waals surface area contributed by atoms with Gasteiger partial charge >= 0.3 is 0 Å². The molecule has 13 N–H and O–H groups in total. The maximum Gasteiger partial charge on any atom is 0.217 e. The van der Waals surface area contributed by atoms with Crippen molar-refractivity contribution in [2.45, 2.75) is 58.5 Å². The smallest absolute Gasteiger partial charge is 0.217 e. The third-order valence-corrected chi connectivity index (χ3v) is 5.66. The monoisotopic (exact) mass is 394 g/mol. The van der Waals surface area contributed by atoms with Gasteiger partial charge in [0, 0.05) is 18.9 Å². The first kappa shape index (κ1) is 26.8. The lowest BCUT2D eigenvalue weighted by molar-refractivity contribution is -0.310. The molecule has 0 unspecified atom stereocenters. The predicted molar refractivity (Wildman–Crippen MR) is 102 cm³/mol. The van der Waals surface area contributed by atoms with Crippen LogP contribution < -0.4 is 38.9 Å². The fraction of sp³-hybridized carbons (Fsp3) is 0.733. The lowest BCUT2D eigenvalue weighted by Crippen LogP contribution is -2.49. The van der Waals surface area contributed by atoms with Crippen LogP contribution in [0.5, 0.6) is 0 Å². The number of hydrogen-bond donors (Lipinski definition) is 5. The molecule has 1 amide bonds. The van der Waals surface area contributed by atoms with Crippen LogP contribution in [0.15, 0.2) is 16.4 Å². The van der Waals surface area contributed by atoms with E-state index in [9.17, 15) is 19.1 Å². The Morgan fingerprint density at radius 3 is 2.27 bits per heavy atom. The number of carbonyl (C=O) groups excluding carboxylic acids is 1. The Hall–Kier alpha value is -1.45. The van der Waals surface area contributed by atoms with E-state index in [2.05, 4.69) is 10.3 Å². The molecule has 1 aliphatic rings. The van der Waals surface area contributed by atoms with Crippen LogP contribution in [0.4, 0.5) is 0 Å². The van der Waals surface area contributed by atoms with E-state index >= 15 is 0 Å². The van der Waals surface area contributed by atoms with Crippen molar-refractivity contribution in [1.82, 2.24) is 17.6 Å². The summed E-state index contributed by atoms with van der Waals surface area (Å²) in [5.41, 5.74) is 11.0. The van der Waals surface area contributed by atoms with E-state index in [1.54, 1.807) is 0 Å².